The molecule has 0 aliphatic heterocycles. The lowest BCUT2D eigenvalue weighted by atomic mass is 10.1. The van der Waals surface area contributed by atoms with E-state index in [0.717, 1.165) is 19.4 Å². The highest BCUT2D eigenvalue weighted by Gasteiger charge is 2.02. The summed E-state index contributed by atoms with van der Waals surface area (Å²) in [5.41, 5.74) is 0.475. The number of hydrogen-bond acceptors (Lipinski definition) is 2. The fourth-order valence-corrected chi connectivity index (χ4v) is 1.98. The second kappa shape index (κ2) is 12.4. The highest BCUT2D eigenvalue weighted by atomic mass is 35.5. The number of nitrogens with zero attached hydrogens (tertiary/aromatic N) is 1. The van der Waals surface area contributed by atoms with E-state index in [0.29, 0.717) is 12.2 Å². The maximum Gasteiger partial charge on any atom is 0.333 e. The van der Waals surface area contributed by atoms with Gasteiger partial charge in [0, 0.05) is 24.1 Å². The number of ether oxygens (including phenoxy) is 1. The van der Waals surface area contributed by atoms with Crippen LogP contribution in [0.25, 0.3) is 0 Å². The molecule has 0 aliphatic carbocycles. The number of hydrogen-bond donors (Lipinski definition) is 0. The van der Waals surface area contributed by atoms with E-state index >= 15 is 0 Å². The minimum absolute atomic E-state index is 0. The van der Waals surface area contributed by atoms with Crippen molar-refractivity contribution in [1.29, 1.82) is 0 Å². The van der Waals surface area contributed by atoms with Gasteiger partial charge in [-0.2, -0.15) is 0 Å². The molecular weight excluding hydrogens is 286 g/mol. The molecule has 0 aliphatic rings. The summed E-state index contributed by atoms with van der Waals surface area (Å²) < 4.78 is 7.27. The molecule has 0 radical (unpaired) electrons. The minimum atomic E-state index is -0.273. The Morgan fingerprint density at radius 2 is 1.57 bits per heavy atom. The van der Waals surface area contributed by atoms with E-state index in [1.165, 1.54) is 25.7 Å². The molecule has 0 N–H and O–H groups in total. The predicted molar refractivity (Wildman–Crippen MR) is 80.1 cm³/mol. The zero-order valence-electron chi connectivity index (χ0n) is 12.9. The maximum atomic E-state index is 11.1. The van der Waals surface area contributed by atoms with E-state index in [-0.39, 0.29) is 18.4 Å². The first-order valence-corrected chi connectivity index (χ1v) is 7.47. The predicted octanol–water partition coefficient (Wildman–Crippen LogP) is 0.438. The van der Waals surface area contributed by atoms with Crippen LogP contribution in [0.5, 0.6) is 0 Å². The lowest BCUT2D eigenvalue weighted by Crippen LogP contribution is -3.00. The van der Waals surface area contributed by atoms with E-state index in [9.17, 15) is 4.79 Å². The summed E-state index contributed by atoms with van der Waals surface area (Å²) in [6.07, 6.45) is 11.2. The molecule has 0 fully saturated rings. The van der Waals surface area contributed by atoms with Gasteiger partial charge in [-0.05, 0) is 19.8 Å². The summed E-state index contributed by atoms with van der Waals surface area (Å²) >= 11 is 0. The number of unbranched alkanes of at least 4 members (excludes halogenated alkanes) is 5. The van der Waals surface area contributed by atoms with Crippen LogP contribution in [0.4, 0.5) is 0 Å². The van der Waals surface area contributed by atoms with Crippen LogP contribution < -0.4 is 17.0 Å². The summed E-state index contributed by atoms with van der Waals surface area (Å²) in [5.74, 6) is -0.273. The van der Waals surface area contributed by atoms with Crippen molar-refractivity contribution in [2.24, 2.45) is 0 Å². The maximum absolute atomic E-state index is 11.1. The van der Waals surface area contributed by atoms with E-state index in [1.807, 2.05) is 6.07 Å². The Kier molecular flexibility index (Phi) is 11.6. The zero-order chi connectivity index (χ0) is 14.6. The molecular formula is C17H26ClNO2. The highest BCUT2D eigenvalue weighted by molar-refractivity contribution is 5.86. The second-order valence-electron chi connectivity index (χ2n) is 5.15. The summed E-state index contributed by atoms with van der Waals surface area (Å²) in [4.78, 5) is 11.1. The Bertz CT molecular complexity index is 407. The standard InChI is InChI=1S/C17H26NO2.ClH/c1-16(2)17(19)20-15-11-6-4-3-5-8-12-18-13-9-7-10-14-18;/h7,9-10,13-14H,1,3-6,8,11-12,15H2,2H3;1H/q+1;/p-1. The van der Waals surface area contributed by atoms with Gasteiger partial charge in [0.2, 0.25) is 0 Å². The molecule has 21 heavy (non-hydrogen) atoms. The molecule has 0 saturated heterocycles. The monoisotopic (exact) mass is 311 g/mol. The molecule has 0 spiro atoms. The zero-order valence-corrected chi connectivity index (χ0v) is 13.6. The average Bonchev–Trinajstić information content (AvgIpc) is 2.46. The minimum Gasteiger partial charge on any atom is -1.00 e. The third-order valence-corrected chi connectivity index (χ3v) is 3.17. The molecule has 4 heteroatoms. The molecule has 1 aromatic rings. The van der Waals surface area contributed by atoms with Gasteiger partial charge < -0.3 is 17.1 Å². The van der Waals surface area contributed by atoms with Crippen LogP contribution in [-0.2, 0) is 16.1 Å². The Labute approximate surface area is 134 Å². The first-order chi connectivity index (χ1) is 9.70. The van der Waals surface area contributed by atoms with Gasteiger partial charge in [0.05, 0.1) is 6.61 Å². The number of carbonyl (C=O) groups excluding carboxylic acids is 1. The van der Waals surface area contributed by atoms with Crippen molar-refractivity contribution in [3.63, 3.8) is 0 Å². The van der Waals surface area contributed by atoms with Crippen molar-refractivity contribution in [2.75, 3.05) is 6.61 Å². The summed E-state index contributed by atoms with van der Waals surface area (Å²) in [5, 5.41) is 0. The molecule has 3 nitrogen and oxygen atoms in total. The number of carbonyl (C=O) groups is 1. The van der Waals surface area contributed by atoms with Gasteiger partial charge in [0.1, 0.15) is 6.54 Å². The lowest BCUT2D eigenvalue weighted by molar-refractivity contribution is -0.697. The summed E-state index contributed by atoms with van der Waals surface area (Å²) in [6.45, 7) is 6.84. The molecule has 0 aromatic carbocycles. The number of aryl methyl sites for hydroxylation is 1. The molecule has 0 bridgehead atoms. The average molecular weight is 312 g/mol. The fourth-order valence-electron chi connectivity index (χ4n) is 1.98. The smallest absolute Gasteiger partial charge is 0.333 e. The van der Waals surface area contributed by atoms with Crippen LogP contribution in [0, 0.1) is 0 Å². The Hall–Kier alpha value is -1.35. The number of aromatic nitrogens is 1. The van der Waals surface area contributed by atoms with Crippen molar-refractivity contribution in [3.8, 4) is 0 Å². The highest BCUT2D eigenvalue weighted by Crippen LogP contribution is 2.06. The van der Waals surface area contributed by atoms with Crippen LogP contribution in [0.15, 0.2) is 42.7 Å². The van der Waals surface area contributed by atoms with Crippen LogP contribution in [0.3, 0.4) is 0 Å². The number of esters is 1. The van der Waals surface area contributed by atoms with Gasteiger partial charge in [0.15, 0.2) is 12.4 Å². The van der Waals surface area contributed by atoms with Crippen molar-refractivity contribution >= 4 is 5.97 Å². The third kappa shape index (κ3) is 10.1. The third-order valence-electron chi connectivity index (χ3n) is 3.17. The van der Waals surface area contributed by atoms with Crippen molar-refractivity contribution in [2.45, 2.75) is 52.0 Å². The topological polar surface area (TPSA) is 30.2 Å². The molecule has 1 rings (SSSR count). The van der Waals surface area contributed by atoms with Gasteiger partial charge in [-0.25, -0.2) is 9.36 Å². The van der Waals surface area contributed by atoms with Crippen LogP contribution in [0.2, 0.25) is 0 Å². The summed E-state index contributed by atoms with van der Waals surface area (Å²) in [6, 6.07) is 6.16. The molecule has 0 unspecified atom stereocenters. The van der Waals surface area contributed by atoms with Crippen LogP contribution in [-0.4, -0.2) is 12.6 Å². The largest absolute Gasteiger partial charge is 1.00 e. The number of halogens is 1. The SMILES string of the molecule is C=C(C)C(=O)OCCCCCCCC[n+]1ccccc1.[Cl-]. The lowest BCUT2D eigenvalue weighted by Gasteiger charge is -2.04. The summed E-state index contributed by atoms with van der Waals surface area (Å²) in [7, 11) is 0. The molecule has 0 amide bonds. The fraction of sp³-hybridized carbons (Fsp3) is 0.529. The van der Waals surface area contributed by atoms with Gasteiger partial charge in [-0.15, -0.1) is 0 Å². The molecule has 1 heterocycles. The first-order valence-electron chi connectivity index (χ1n) is 7.47. The van der Waals surface area contributed by atoms with E-state index < -0.39 is 0 Å². The van der Waals surface area contributed by atoms with Crippen molar-refractivity contribution in [1.82, 2.24) is 0 Å². The second-order valence-corrected chi connectivity index (χ2v) is 5.15. The normalized spacial score (nSPS) is 9.76. The van der Waals surface area contributed by atoms with Crippen molar-refractivity contribution < 1.29 is 26.5 Å². The van der Waals surface area contributed by atoms with E-state index in [1.54, 1.807) is 6.92 Å². The molecule has 0 atom stereocenters. The van der Waals surface area contributed by atoms with E-state index in [2.05, 4.69) is 35.7 Å². The Morgan fingerprint density at radius 3 is 2.19 bits per heavy atom. The quantitative estimate of drug-likeness (QED) is 0.272. The molecule has 1 aromatic heterocycles. The number of rotatable bonds is 10. The van der Waals surface area contributed by atoms with Gasteiger partial charge >= 0.3 is 5.97 Å². The Balaban J connectivity index is 0.00000400. The van der Waals surface area contributed by atoms with Crippen molar-refractivity contribution in [3.05, 3.63) is 42.7 Å². The van der Waals surface area contributed by atoms with Crippen LogP contribution >= 0.6 is 0 Å². The Morgan fingerprint density at radius 1 is 1.00 bits per heavy atom. The molecule has 0 saturated carbocycles. The van der Waals surface area contributed by atoms with Gasteiger partial charge in [-0.1, -0.05) is 31.9 Å². The van der Waals surface area contributed by atoms with E-state index in [4.69, 9.17) is 4.74 Å². The van der Waals surface area contributed by atoms with Gasteiger partial charge in [0.25, 0.3) is 0 Å². The van der Waals surface area contributed by atoms with Gasteiger partial charge in [-0.3, -0.25) is 0 Å². The first kappa shape index (κ1) is 19.7. The van der Waals surface area contributed by atoms with Crippen LogP contribution in [0.1, 0.15) is 45.4 Å². The number of pyridine rings is 1. The molecule has 118 valence electrons.